The molecule has 10 nitrogen and oxygen atoms in total. The Morgan fingerprint density at radius 2 is 2.03 bits per heavy atom. The van der Waals surface area contributed by atoms with E-state index in [-0.39, 0.29) is 11.9 Å². The summed E-state index contributed by atoms with van der Waals surface area (Å²) in [6.07, 6.45) is 4.84. The Balaban J connectivity index is 1.38. The van der Waals surface area contributed by atoms with Gasteiger partial charge in [-0.1, -0.05) is 5.92 Å². The molecule has 0 unspecified atom stereocenters. The van der Waals surface area contributed by atoms with Crippen molar-refractivity contribution in [2.24, 2.45) is 7.05 Å². The van der Waals surface area contributed by atoms with Crippen molar-refractivity contribution in [1.82, 2.24) is 34.2 Å². The third-order valence-electron chi connectivity index (χ3n) is 6.91. The lowest BCUT2D eigenvalue weighted by atomic mass is 10.1. The maximum atomic E-state index is 12.7. The fourth-order valence-electron chi connectivity index (χ4n) is 5.07. The summed E-state index contributed by atoms with van der Waals surface area (Å²) in [5.41, 5.74) is 11.2. The molecular formula is C28H26N8O2. The van der Waals surface area contributed by atoms with E-state index in [1.807, 2.05) is 54.9 Å². The van der Waals surface area contributed by atoms with Crippen LogP contribution in [0.2, 0.25) is 0 Å². The molecule has 0 spiro atoms. The first kappa shape index (κ1) is 23.5. The van der Waals surface area contributed by atoms with Crippen molar-refractivity contribution in [2.45, 2.75) is 32.7 Å². The monoisotopic (exact) mass is 506 g/mol. The SMILES string of the molecule is CC#CC(=O)N1CCC[C@H]1c1nn(-c2ccc(Oc3ccc4c(c3)ncn4C)c(C)c2)c2ncnc(N)c12. The molecule has 2 N–H and O–H groups in total. The van der Waals surface area contributed by atoms with Gasteiger partial charge in [-0.15, -0.1) is 0 Å². The molecule has 0 radical (unpaired) electrons. The molecule has 5 aromatic rings. The molecule has 0 aliphatic carbocycles. The minimum absolute atomic E-state index is 0.214. The highest BCUT2D eigenvalue weighted by Gasteiger charge is 2.34. The summed E-state index contributed by atoms with van der Waals surface area (Å²) in [6.45, 7) is 4.26. The van der Waals surface area contributed by atoms with Gasteiger partial charge in [-0.05, 0) is 68.5 Å². The zero-order chi connectivity index (χ0) is 26.4. The summed E-state index contributed by atoms with van der Waals surface area (Å²) >= 11 is 0. The number of carbonyl (C=O) groups excluding carboxylic acids is 1. The van der Waals surface area contributed by atoms with Crippen LogP contribution in [0, 0.1) is 18.8 Å². The summed E-state index contributed by atoms with van der Waals surface area (Å²) in [6, 6.07) is 11.4. The molecule has 3 aromatic heterocycles. The summed E-state index contributed by atoms with van der Waals surface area (Å²) in [4.78, 5) is 27.6. The maximum absolute atomic E-state index is 12.7. The van der Waals surface area contributed by atoms with Gasteiger partial charge in [-0.25, -0.2) is 19.6 Å². The van der Waals surface area contributed by atoms with Crippen LogP contribution < -0.4 is 10.5 Å². The molecule has 1 fully saturated rings. The Morgan fingerprint density at radius 3 is 2.84 bits per heavy atom. The number of aromatic nitrogens is 6. The number of aryl methyl sites for hydroxylation is 2. The highest BCUT2D eigenvalue weighted by atomic mass is 16.5. The second kappa shape index (κ2) is 9.19. The van der Waals surface area contributed by atoms with E-state index in [9.17, 15) is 4.79 Å². The van der Waals surface area contributed by atoms with Crippen LogP contribution in [-0.2, 0) is 11.8 Å². The molecule has 0 bridgehead atoms. The van der Waals surface area contributed by atoms with E-state index >= 15 is 0 Å². The van der Waals surface area contributed by atoms with Gasteiger partial charge in [0.05, 0.1) is 40.2 Å². The van der Waals surface area contributed by atoms with Crippen LogP contribution in [0.1, 0.15) is 37.1 Å². The van der Waals surface area contributed by atoms with Crippen LogP contribution in [0.4, 0.5) is 5.82 Å². The predicted octanol–water partition coefficient (Wildman–Crippen LogP) is 4.07. The van der Waals surface area contributed by atoms with Gasteiger partial charge in [-0.2, -0.15) is 5.10 Å². The van der Waals surface area contributed by atoms with Gasteiger partial charge >= 0.3 is 0 Å². The molecule has 38 heavy (non-hydrogen) atoms. The van der Waals surface area contributed by atoms with Crippen LogP contribution in [0.25, 0.3) is 27.8 Å². The van der Waals surface area contributed by atoms with Crippen LogP contribution in [0.5, 0.6) is 11.5 Å². The van der Waals surface area contributed by atoms with Crippen molar-refractivity contribution in [1.29, 1.82) is 0 Å². The molecule has 6 rings (SSSR count). The average molecular weight is 507 g/mol. The van der Waals surface area contributed by atoms with Gasteiger partial charge in [0, 0.05) is 19.7 Å². The summed E-state index contributed by atoms with van der Waals surface area (Å²) in [5.74, 6) is 6.91. The number of carbonyl (C=O) groups is 1. The minimum atomic E-state index is -0.245. The molecule has 4 heterocycles. The van der Waals surface area contributed by atoms with Crippen molar-refractivity contribution in [2.75, 3.05) is 12.3 Å². The summed E-state index contributed by atoms with van der Waals surface area (Å²) < 4.78 is 9.92. The summed E-state index contributed by atoms with van der Waals surface area (Å²) in [5, 5.41) is 5.58. The van der Waals surface area contributed by atoms with Gasteiger partial charge in [0.25, 0.3) is 5.91 Å². The van der Waals surface area contributed by atoms with E-state index in [2.05, 4.69) is 26.8 Å². The topological polar surface area (TPSA) is 117 Å². The van der Waals surface area contributed by atoms with Crippen molar-refractivity contribution >= 4 is 33.8 Å². The molecule has 1 aliphatic heterocycles. The first-order valence-electron chi connectivity index (χ1n) is 12.4. The number of imidazole rings is 1. The molecule has 0 saturated carbocycles. The largest absolute Gasteiger partial charge is 0.457 e. The van der Waals surface area contributed by atoms with E-state index in [1.54, 1.807) is 22.8 Å². The van der Waals surface area contributed by atoms with E-state index in [4.69, 9.17) is 15.6 Å². The molecule has 2 aromatic carbocycles. The summed E-state index contributed by atoms with van der Waals surface area (Å²) in [7, 11) is 1.96. The Labute approximate surface area is 219 Å². The Morgan fingerprint density at radius 1 is 1.16 bits per heavy atom. The zero-order valence-corrected chi connectivity index (χ0v) is 21.3. The van der Waals surface area contributed by atoms with Crippen LogP contribution in [0.15, 0.2) is 49.1 Å². The Kier molecular flexibility index (Phi) is 5.68. The Hall–Kier alpha value is -4.91. The number of benzene rings is 2. The van der Waals surface area contributed by atoms with Gasteiger partial charge in [0.15, 0.2) is 5.65 Å². The quantitative estimate of drug-likeness (QED) is 0.365. The molecular weight excluding hydrogens is 480 g/mol. The fourth-order valence-corrected chi connectivity index (χ4v) is 5.07. The average Bonchev–Trinajstić information content (AvgIpc) is 3.63. The highest BCUT2D eigenvalue weighted by Crippen LogP contribution is 2.38. The van der Waals surface area contributed by atoms with Crippen LogP contribution in [-0.4, -0.2) is 46.7 Å². The van der Waals surface area contributed by atoms with E-state index in [1.165, 1.54) is 6.33 Å². The molecule has 10 heteroatoms. The van der Waals surface area contributed by atoms with Crippen LogP contribution >= 0.6 is 0 Å². The predicted molar refractivity (Wildman–Crippen MR) is 144 cm³/mol. The number of anilines is 1. The highest BCUT2D eigenvalue weighted by molar-refractivity contribution is 5.95. The van der Waals surface area contributed by atoms with Crippen LogP contribution in [0.3, 0.4) is 0 Å². The lowest BCUT2D eigenvalue weighted by Gasteiger charge is -2.21. The zero-order valence-electron chi connectivity index (χ0n) is 21.3. The van der Waals surface area contributed by atoms with Crippen molar-refractivity contribution in [3.8, 4) is 29.0 Å². The van der Waals surface area contributed by atoms with Crippen molar-refractivity contribution in [3.63, 3.8) is 0 Å². The number of hydrogen-bond donors (Lipinski definition) is 1. The second-order valence-corrected chi connectivity index (χ2v) is 9.34. The second-order valence-electron chi connectivity index (χ2n) is 9.34. The number of nitrogens with two attached hydrogens (primary N) is 1. The minimum Gasteiger partial charge on any atom is -0.457 e. The first-order valence-corrected chi connectivity index (χ1v) is 12.4. The Bertz CT molecular complexity index is 1770. The third kappa shape index (κ3) is 3.89. The number of nitrogen functional groups attached to an aromatic ring is 1. The number of fused-ring (bicyclic) bond motifs is 2. The first-order chi connectivity index (χ1) is 18.4. The number of nitrogens with zero attached hydrogens (tertiary/aromatic N) is 7. The lowest BCUT2D eigenvalue weighted by Crippen LogP contribution is -2.29. The van der Waals surface area contributed by atoms with Gasteiger partial charge in [0.1, 0.15) is 23.6 Å². The van der Waals surface area contributed by atoms with Crippen molar-refractivity contribution in [3.05, 3.63) is 60.3 Å². The van der Waals surface area contributed by atoms with Gasteiger partial charge < -0.3 is 19.9 Å². The molecule has 1 saturated heterocycles. The number of rotatable bonds is 4. The normalized spacial score (nSPS) is 15.1. The third-order valence-corrected chi connectivity index (χ3v) is 6.91. The molecule has 1 atom stereocenters. The van der Waals surface area contributed by atoms with E-state index < -0.39 is 0 Å². The maximum Gasteiger partial charge on any atom is 0.299 e. The molecule has 1 amide bonds. The fraction of sp³-hybridized carbons (Fsp3) is 0.250. The van der Waals surface area contributed by atoms with Gasteiger partial charge in [0.2, 0.25) is 0 Å². The number of ether oxygens (including phenoxy) is 1. The van der Waals surface area contributed by atoms with Crippen molar-refractivity contribution < 1.29 is 9.53 Å². The molecule has 1 aliphatic rings. The number of hydrogen-bond acceptors (Lipinski definition) is 7. The van der Waals surface area contributed by atoms with E-state index in [0.717, 1.165) is 40.9 Å². The number of amides is 1. The molecule has 190 valence electrons. The standard InChI is InChI=1S/C28H26N8O2/c1-4-6-24(37)35-12-5-7-22(35)26-25-27(29)30-15-31-28(25)36(33-26)18-8-11-23(17(2)13-18)38-19-9-10-21-20(14-19)32-16-34(21)3/h8-11,13-16,22H,5,7,12H2,1-3H3,(H2,29,30,31)/t22-/m0/s1. The smallest absolute Gasteiger partial charge is 0.299 e. The number of likely N-dealkylation sites (tertiary alicyclic amines) is 1. The van der Waals surface area contributed by atoms with E-state index in [0.29, 0.717) is 34.8 Å². The lowest BCUT2D eigenvalue weighted by molar-refractivity contribution is -0.126. The van der Waals surface area contributed by atoms with Gasteiger partial charge in [-0.3, -0.25) is 4.79 Å².